The van der Waals surface area contributed by atoms with Gasteiger partial charge in [0.2, 0.25) is 11.8 Å². The van der Waals surface area contributed by atoms with Crippen LogP contribution in [0, 0.1) is 13.8 Å². The lowest BCUT2D eigenvalue weighted by Gasteiger charge is -2.17. The van der Waals surface area contributed by atoms with Crippen molar-refractivity contribution in [2.45, 2.75) is 26.7 Å². The molecule has 0 atom stereocenters. The van der Waals surface area contributed by atoms with E-state index in [9.17, 15) is 9.59 Å². The number of thiazole rings is 1. The maximum atomic E-state index is 12.4. The van der Waals surface area contributed by atoms with Crippen molar-refractivity contribution in [2.75, 3.05) is 18.9 Å². The van der Waals surface area contributed by atoms with Gasteiger partial charge in [0.15, 0.2) is 0 Å². The lowest BCUT2D eigenvalue weighted by molar-refractivity contribution is -0.133. The van der Waals surface area contributed by atoms with Gasteiger partial charge in [0.05, 0.1) is 21.8 Å². The molecule has 27 heavy (non-hydrogen) atoms. The van der Waals surface area contributed by atoms with Gasteiger partial charge in [0.25, 0.3) is 0 Å². The van der Waals surface area contributed by atoms with Gasteiger partial charge in [0.1, 0.15) is 0 Å². The van der Waals surface area contributed by atoms with E-state index in [2.05, 4.69) is 10.3 Å². The third kappa shape index (κ3) is 4.92. The molecule has 0 bridgehead atoms. The third-order valence-corrected chi connectivity index (χ3v) is 5.46. The summed E-state index contributed by atoms with van der Waals surface area (Å²) in [6, 6.07) is 13.8. The second-order valence-corrected chi connectivity index (χ2v) is 7.81. The summed E-state index contributed by atoms with van der Waals surface area (Å²) in [6.45, 7) is 3.96. The number of hydrogen-bond acceptors (Lipinski definition) is 4. The monoisotopic (exact) mass is 381 g/mol. The smallest absolute Gasteiger partial charge is 0.243 e. The first-order valence-electron chi connectivity index (χ1n) is 8.88. The highest BCUT2D eigenvalue weighted by atomic mass is 32.1. The van der Waals surface area contributed by atoms with Crippen LogP contribution < -0.4 is 5.32 Å². The van der Waals surface area contributed by atoms with Gasteiger partial charge >= 0.3 is 0 Å². The minimum atomic E-state index is -0.195. The molecule has 6 heteroatoms. The predicted octanol–water partition coefficient (Wildman–Crippen LogP) is 3.94. The Labute approximate surface area is 163 Å². The molecule has 1 N–H and O–H groups in total. The molecule has 3 aromatic rings. The van der Waals surface area contributed by atoms with Crippen molar-refractivity contribution in [1.82, 2.24) is 9.88 Å². The molecule has 5 nitrogen and oxygen atoms in total. The molecule has 0 unspecified atom stereocenters. The molecule has 0 aliphatic carbocycles. The molecule has 0 aliphatic rings. The van der Waals surface area contributed by atoms with Crippen molar-refractivity contribution in [3.05, 3.63) is 58.6 Å². The number of aromatic nitrogens is 1. The van der Waals surface area contributed by atoms with E-state index in [1.54, 1.807) is 18.4 Å². The molecular weight excluding hydrogens is 358 g/mol. The Morgan fingerprint density at radius 3 is 2.70 bits per heavy atom. The number of fused-ring (bicyclic) bond motifs is 1. The van der Waals surface area contributed by atoms with Gasteiger partial charge in [-0.25, -0.2) is 4.98 Å². The first-order valence-corrected chi connectivity index (χ1v) is 9.69. The number of benzene rings is 2. The molecule has 0 aliphatic heterocycles. The van der Waals surface area contributed by atoms with Crippen LogP contribution in [0.15, 0.2) is 42.5 Å². The van der Waals surface area contributed by atoms with Crippen LogP contribution in [-0.4, -0.2) is 35.3 Å². The minimum Gasteiger partial charge on any atom is -0.336 e. The number of nitrogens with one attached hydrogen (secondary N) is 1. The molecule has 0 radical (unpaired) electrons. The average molecular weight is 382 g/mol. The fourth-order valence-corrected chi connectivity index (χ4v) is 3.76. The number of nitrogens with zero attached hydrogens (tertiary/aromatic N) is 2. The van der Waals surface area contributed by atoms with E-state index in [1.165, 1.54) is 4.90 Å². The number of anilines is 1. The van der Waals surface area contributed by atoms with E-state index in [4.69, 9.17) is 0 Å². The fourth-order valence-electron chi connectivity index (χ4n) is 2.80. The molecule has 1 heterocycles. The number of rotatable bonds is 6. The fraction of sp³-hybridized carbons (Fsp3) is 0.286. The summed E-state index contributed by atoms with van der Waals surface area (Å²) in [5.41, 5.74) is 3.83. The Morgan fingerprint density at radius 2 is 1.93 bits per heavy atom. The first kappa shape index (κ1) is 19.0. The Kier molecular flexibility index (Phi) is 5.86. The molecule has 0 saturated carbocycles. The highest BCUT2D eigenvalue weighted by Gasteiger charge is 2.15. The zero-order chi connectivity index (χ0) is 19.4. The standard InChI is InChI=1S/C21H23N3O2S/c1-14-8-9-15(2)17(12-14)22-19(25)13-24(3)21(26)11-10-20-23-16-6-4-5-7-18(16)27-20/h4-9,12H,10-11,13H2,1-3H3,(H,22,25). The number of likely N-dealkylation sites (N-methyl/N-ethyl adjacent to an activating group) is 1. The maximum absolute atomic E-state index is 12.4. The summed E-state index contributed by atoms with van der Waals surface area (Å²) in [5.74, 6) is -0.259. The molecule has 3 rings (SSSR count). The molecule has 2 amide bonds. The van der Waals surface area contributed by atoms with Crippen LogP contribution in [0.3, 0.4) is 0 Å². The lowest BCUT2D eigenvalue weighted by atomic mass is 10.1. The molecule has 0 saturated heterocycles. The van der Waals surface area contributed by atoms with Gasteiger partial charge < -0.3 is 10.2 Å². The topological polar surface area (TPSA) is 62.3 Å². The van der Waals surface area contributed by atoms with Crippen molar-refractivity contribution in [1.29, 1.82) is 0 Å². The summed E-state index contributed by atoms with van der Waals surface area (Å²) in [6.07, 6.45) is 0.925. The van der Waals surface area contributed by atoms with Crippen LogP contribution in [0.4, 0.5) is 5.69 Å². The molecule has 2 aromatic carbocycles. The van der Waals surface area contributed by atoms with Crippen molar-refractivity contribution in [3.8, 4) is 0 Å². The number of carbonyl (C=O) groups excluding carboxylic acids is 2. The van der Waals surface area contributed by atoms with Crippen molar-refractivity contribution >= 4 is 39.1 Å². The Hall–Kier alpha value is -2.73. The lowest BCUT2D eigenvalue weighted by Crippen LogP contribution is -2.35. The van der Waals surface area contributed by atoms with Crippen LogP contribution in [0.5, 0.6) is 0 Å². The minimum absolute atomic E-state index is 0.0338. The second kappa shape index (κ2) is 8.31. The number of para-hydroxylation sites is 1. The molecular formula is C21H23N3O2S. The van der Waals surface area contributed by atoms with Crippen molar-refractivity contribution in [3.63, 3.8) is 0 Å². The molecule has 0 spiro atoms. The highest BCUT2D eigenvalue weighted by Crippen LogP contribution is 2.22. The third-order valence-electron chi connectivity index (χ3n) is 4.36. The molecule has 1 aromatic heterocycles. The van der Waals surface area contributed by atoms with Crippen LogP contribution >= 0.6 is 11.3 Å². The SMILES string of the molecule is Cc1ccc(C)c(NC(=O)CN(C)C(=O)CCc2nc3ccccc3s2)c1. The summed E-state index contributed by atoms with van der Waals surface area (Å²) >= 11 is 1.61. The second-order valence-electron chi connectivity index (χ2n) is 6.69. The van der Waals surface area contributed by atoms with E-state index in [-0.39, 0.29) is 18.4 Å². The zero-order valence-corrected chi connectivity index (χ0v) is 16.6. The Bertz CT molecular complexity index is 947. The first-order chi connectivity index (χ1) is 12.9. The van der Waals surface area contributed by atoms with Crippen LogP contribution in [0.25, 0.3) is 10.2 Å². The van der Waals surface area contributed by atoms with E-state index in [0.717, 1.165) is 32.0 Å². The van der Waals surface area contributed by atoms with Crippen LogP contribution in [0.1, 0.15) is 22.6 Å². The zero-order valence-electron chi connectivity index (χ0n) is 15.8. The average Bonchev–Trinajstić information content (AvgIpc) is 3.05. The molecule has 0 fully saturated rings. The van der Waals surface area contributed by atoms with Gasteiger partial charge in [-0.05, 0) is 43.2 Å². The largest absolute Gasteiger partial charge is 0.336 e. The summed E-state index contributed by atoms with van der Waals surface area (Å²) < 4.78 is 1.13. The quantitative estimate of drug-likeness (QED) is 0.703. The van der Waals surface area contributed by atoms with E-state index >= 15 is 0 Å². The normalized spacial score (nSPS) is 10.8. The van der Waals surface area contributed by atoms with E-state index in [0.29, 0.717) is 12.8 Å². The summed E-state index contributed by atoms with van der Waals surface area (Å²) in [4.78, 5) is 30.6. The van der Waals surface area contributed by atoms with Crippen LogP contribution in [-0.2, 0) is 16.0 Å². The summed E-state index contributed by atoms with van der Waals surface area (Å²) in [7, 11) is 1.66. The van der Waals surface area contributed by atoms with Crippen molar-refractivity contribution < 1.29 is 9.59 Å². The highest BCUT2D eigenvalue weighted by molar-refractivity contribution is 7.18. The van der Waals surface area contributed by atoms with Gasteiger partial charge in [-0.15, -0.1) is 11.3 Å². The van der Waals surface area contributed by atoms with Gasteiger partial charge in [-0.2, -0.15) is 0 Å². The number of amides is 2. The number of hydrogen-bond donors (Lipinski definition) is 1. The van der Waals surface area contributed by atoms with Crippen LogP contribution in [0.2, 0.25) is 0 Å². The molecule has 140 valence electrons. The van der Waals surface area contributed by atoms with Gasteiger partial charge in [0, 0.05) is 25.6 Å². The summed E-state index contributed by atoms with van der Waals surface area (Å²) in [5, 5.41) is 3.83. The van der Waals surface area contributed by atoms with Gasteiger partial charge in [-0.3, -0.25) is 9.59 Å². The Morgan fingerprint density at radius 1 is 1.15 bits per heavy atom. The van der Waals surface area contributed by atoms with E-state index < -0.39 is 0 Å². The maximum Gasteiger partial charge on any atom is 0.243 e. The van der Waals surface area contributed by atoms with Crippen molar-refractivity contribution in [2.24, 2.45) is 0 Å². The predicted molar refractivity (Wildman–Crippen MR) is 110 cm³/mol. The number of carbonyl (C=O) groups is 2. The van der Waals surface area contributed by atoms with E-state index in [1.807, 2.05) is 56.3 Å². The Balaban J connectivity index is 1.52. The number of aryl methyl sites for hydroxylation is 3. The van der Waals surface area contributed by atoms with Gasteiger partial charge in [-0.1, -0.05) is 24.3 Å².